The quantitative estimate of drug-likeness (QED) is 0.777. The summed E-state index contributed by atoms with van der Waals surface area (Å²) in [6.07, 6.45) is 6.07. The van der Waals surface area contributed by atoms with E-state index >= 15 is 0 Å². The molecule has 2 bridgehead atoms. The van der Waals surface area contributed by atoms with Gasteiger partial charge in [-0.1, -0.05) is 19.3 Å². The Balaban J connectivity index is 1.59. The second-order valence-electron chi connectivity index (χ2n) is 7.35. The third-order valence-electron chi connectivity index (χ3n) is 4.87. The van der Waals surface area contributed by atoms with E-state index in [0.717, 1.165) is 45.8 Å². The third-order valence-corrected chi connectivity index (χ3v) is 4.87. The van der Waals surface area contributed by atoms with E-state index in [1.54, 1.807) is 0 Å². The lowest BCUT2D eigenvalue weighted by atomic mass is 9.93. The topological polar surface area (TPSA) is 50.9 Å². The van der Waals surface area contributed by atoms with Crippen LogP contribution in [0.25, 0.3) is 0 Å². The van der Waals surface area contributed by atoms with E-state index in [1.807, 2.05) is 0 Å². The number of hydrogen-bond acceptors (Lipinski definition) is 4. The molecule has 0 aromatic rings. The maximum atomic E-state index is 12.4. The van der Waals surface area contributed by atoms with Gasteiger partial charge in [0.25, 0.3) is 0 Å². The molecule has 3 aliphatic rings. The number of carbonyl (C=O) groups excluding carboxylic acids is 1. The zero-order chi connectivity index (χ0) is 14.9. The molecule has 1 aliphatic carbocycles. The summed E-state index contributed by atoms with van der Waals surface area (Å²) in [6, 6.07) is 0.390. The lowest BCUT2D eigenvalue weighted by Crippen LogP contribution is -2.74. The third kappa shape index (κ3) is 3.67. The van der Waals surface area contributed by atoms with Gasteiger partial charge in [0.1, 0.15) is 0 Å². The van der Waals surface area contributed by atoms with Crippen LogP contribution in [0.15, 0.2) is 0 Å². The fourth-order valence-corrected chi connectivity index (χ4v) is 4.37. The van der Waals surface area contributed by atoms with Crippen molar-refractivity contribution in [2.45, 2.75) is 43.7 Å². The van der Waals surface area contributed by atoms with Gasteiger partial charge in [0.2, 0.25) is 0 Å². The number of fused-ring (bicyclic) bond motifs is 2. The van der Waals surface area contributed by atoms with Crippen molar-refractivity contribution < 1.29 is 4.79 Å². The summed E-state index contributed by atoms with van der Waals surface area (Å²) in [5.74, 6) is 0. The molecular weight excluding hydrogens is 266 g/mol. The van der Waals surface area contributed by atoms with E-state index in [2.05, 4.69) is 39.4 Å². The van der Waals surface area contributed by atoms with Gasteiger partial charge in [-0.3, -0.25) is 14.7 Å². The first-order valence-corrected chi connectivity index (χ1v) is 8.23. The van der Waals surface area contributed by atoms with Crippen molar-refractivity contribution >= 4 is 6.03 Å². The van der Waals surface area contributed by atoms with E-state index < -0.39 is 0 Å². The largest absolute Gasteiger partial charge is 0.335 e. The number of amides is 2. The number of likely N-dealkylation sites (N-methyl/N-ethyl adjacent to an activating group) is 2. The van der Waals surface area contributed by atoms with Crippen molar-refractivity contribution in [3.63, 3.8) is 0 Å². The first kappa shape index (κ1) is 15.1. The number of nitrogens with one attached hydrogen (secondary N) is 2. The van der Waals surface area contributed by atoms with E-state index in [4.69, 9.17) is 0 Å². The van der Waals surface area contributed by atoms with Crippen molar-refractivity contribution in [2.75, 3.05) is 47.1 Å². The second-order valence-corrected chi connectivity index (χ2v) is 7.35. The van der Waals surface area contributed by atoms with Crippen LogP contribution in [0.5, 0.6) is 0 Å². The van der Waals surface area contributed by atoms with Crippen molar-refractivity contribution in [3.8, 4) is 0 Å². The van der Waals surface area contributed by atoms with Gasteiger partial charge in [-0.25, -0.2) is 4.79 Å². The predicted molar refractivity (Wildman–Crippen MR) is 83.0 cm³/mol. The van der Waals surface area contributed by atoms with Crippen LogP contribution in [0.3, 0.4) is 0 Å². The van der Waals surface area contributed by atoms with E-state index in [1.165, 1.54) is 19.3 Å². The SMILES string of the molecule is CN1CN2CN(C)CC(NC(=O)NC3CCCCC3)(C1)C2. The van der Waals surface area contributed by atoms with Gasteiger partial charge in [-0.05, 0) is 26.9 Å². The zero-order valence-corrected chi connectivity index (χ0v) is 13.4. The Hall–Kier alpha value is -0.850. The molecule has 6 heteroatoms. The van der Waals surface area contributed by atoms with Crippen LogP contribution < -0.4 is 10.6 Å². The van der Waals surface area contributed by atoms with Crippen LogP contribution in [0, 0.1) is 0 Å². The molecule has 2 aliphatic heterocycles. The Kier molecular flexibility index (Phi) is 4.38. The molecule has 0 spiro atoms. The van der Waals surface area contributed by atoms with E-state index in [9.17, 15) is 4.79 Å². The molecule has 21 heavy (non-hydrogen) atoms. The zero-order valence-electron chi connectivity index (χ0n) is 13.4. The average molecular weight is 295 g/mol. The second kappa shape index (κ2) is 6.10. The lowest BCUT2D eigenvalue weighted by molar-refractivity contribution is -0.0483. The summed E-state index contributed by atoms with van der Waals surface area (Å²) in [5.41, 5.74) is -0.140. The van der Waals surface area contributed by atoms with Crippen LogP contribution in [0.4, 0.5) is 4.79 Å². The Labute approximate surface area is 127 Å². The highest BCUT2D eigenvalue weighted by Crippen LogP contribution is 2.22. The highest BCUT2D eigenvalue weighted by Gasteiger charge is 2.43. The first-order chi connectivity index (χ1) is 10.0. The Morgan fingerprint density at radius 1 is 1.00 bits per heavy atom. The summed E-state index contributed by atoms with van der Waals surface area (Å²) in [6.45, 7) is 4.77. The maximum absolute atomic E-state index is 12.4. The minimum Gasteiger partial charge on any atom is -0.335 e. The number of hydrogen-bond donors (Lipinski definition) is 2. The first-order valence-electron chi connectivity index (χ1n) is 8.23. The summed E-state index contributed by atoms with van der Waals surface area (Å²) in [7, 11) is 4.26. The molecule has 0 unspecified atom stereocenters. The van der Waals surface area contributed by atoms with Crippen molar-refractivity contribution in [3.05, 3.63) is 0 Å². The van der Waals surface area contributed by atoms with Crippen molar-refractivity contribution in [1.82, 2.24) is 25.3 Å². The van der Waals surface area contributed by atoms with Crippen LogP contribution >= 0.6 is 0 Å². The molecule has 0 aromatic carbocycles. The number of carbonyl (C=O) groups is 1. The van der Waals surface area contributed by atoms with Crippen LogP contribution in [0.1, 0.15) is 32.1 Å². The summed E-state index contributed by atoms with van der Waals surface area (Å²) in [4.78, 5) is 19.4. The standard InChI is InChI=1S/C15H29N5O/c1-18-8-15(9-19(2)12-20(10-15)11-18)17-14(21)16-13-6-4-3-5-7-13/h13H,3-12H2,1-2H3,(H2,16,17,21). The van der Waals surface area contributed by atoms with Gasteiger partial charge in [0.05, 0.1) is 18.9 Å². The molecule has 2 N–H and O–H groups in total. The van der Waals surface area contributed by atoms with Gasteiger partial charge in [0.15, 0.2) is 0 Å². The molecule has 120 valence electrons. The molecule has 3 rings (SSSR count). The molecule has 6 nitrogen and oxygen atoms in total. The summed E-state index contributed by atoms with van der Waals surface area (Å²) < 4.78 is 0. The fraction of sp³-hybridized carbons (Fsp3) is 0.933. The normalized spacial score (nSPS) is 35.4. The van der Waals surface area contributed by atoms with Crippen LogP contribution in [0.2, 0.25) is 0 Å². The van der Waals surface area contributed by atoms with Gasteiger partial charge >= 0.3 is 6.03 Å². The van der Waals surface area contributed by atoms with Gasteiger partial charge < -0.3 is 10.6 Å². The molecule has 0 aromatic heterocycles. The van der Waals surface area contributed by atoms with E-state index in [0.29, 0.717) is 6.04 Å². The minimum absolute atomic E-state index is 0.0208. The fourth-order valence-electron chi connectivity index (χ4n) is 4.37. The average Bonchev–Trinajstić information content (AvgIpc) is 2.36. The molecule has 1 saturated carbocycles. The molecule has 0 atom stereocenters. The van der Waals surface area contributed by atoms with Gasteiger partial charge in [-0.2, -0.15) is 0 Å². The maximum Gasteiger partial charge on any atom is 0.315 e. The number of rotatable bonds is 2. The number of nitrogens with zero attached hydrogens (tertiary/aromatic N) is 3. The highest BCUT2D eigenvalue weighted by molar-refractivity contribution is 5.75. The molecular formula is C15H29N5O. The van der Waals surface area contributed by atoms with Gasteiger partial charge in [0, 0.05) is 25.7 Å². The molecule has 2 saturated heterocycles. The molecule has 3 fully saturated rings. The summed E-state index contributed by atoms with van der Waals surface area (Å²) >= 11 is 0. The van der Waals surface area contributed by atoms with Crippen molar-refractivity contribution in [2.24, 2.45) is 0 Å². The predicted octanol–water partition coefficient (Wildman–Crippen LogP) is 0.465. The monoisotopic (exact) mass is 295 g/mol. The smallest absolute Gasteiger partial charge is 0.315 e. The highest BCUT2D eigenvalue weighted by atomic mass is 16.2. The lowest BCUT2D eigenvalue weighted by Gasteiger charge is -2.53. The minimum atomic E-state index is -0.140. The molecule has 2 amide bonds. The molecule has 2 heterocycles. The Morgan fingerprint density at radius 3 is 2.24 bits per heavy atom. The number of urea groups is 1. The van der Waals surface area contributed by atoms with Crippen LogP contribution in [-0.4, -0.2) is 79.4 Å². The summed E-state index contributed by atoms with van der Waals surface area (Å²) in [5, 5.41) is 6.49. The molecule has 0 radical (unpaired) electrons. The van der Waals surface area contributed by atoms with Gasteiger partial charge in [-0.15, -0.1) is 0 Å². The Bertz CT molecular complexity index is 363. The van der Waals surface area contributed by atoms with Crippen LogP contribution in [-0.2, 0) is 0 Å². The van der Waals surface area contributed by atoms with E-state index in [-0.39, 0.29) is 11.6 Å². The Morgan fingerprint density at radius 2 is 1.62 bits per heavy atom. The van der Waals surface area contributed by atoms with Crippen molar-refractivity contribution in [1.29, 1.82) is 0 Å².